The SMILES string of the molecule is O=C[C@@H](O)[C@@H](O)[C@@H](O)[C@H](O)C(=O)NCCCCCCCCCCCCNC(=O)[C@H](O)[C@H](O)[C@H](O)[C@H](O)C=O. The van der Waals surface area contributed by atoms with Crippen molar-refractivity contribution >= 4 is 24.4 Å². The first-order valence-corrected chi connectivity index (χ1v) is 12.9. The summed E-state index contributed by atoms with van der Waals surface area (Å²) in [4.78, 5) is 44.3. The number of aliphatic hydroxyl groups is 8. The average molecular weight is 553 g/mol. The number of nitrogens with one attached hydrogen (secondary N) is 2. The highest BCUT2D eigenvalue weighted by Gasteiger charge is 2.35. The van der Waals surface area contributed by atoms with E-state index in [0.29, 0.717) is 12.8 Å². The number of carbonyl (C=O) groups excluding carboxylic acids is 4. The van der Waals surface area contributed by atoms with Gasteiger partial charge in [-0.25, -0.2) is 0 Å². The lowest BCUT2D eigenvalue weighted by molar-refractivity contribution is -0.149. The summed E-state index contributed by atoms with van der Waals surface area (Å²) in [6.07, 6.45) is -6.74. The third kappa shape index (κ3) is 14.2. The minimum absolute atomic E-state index is 0.00818. The molecule has 0 radical (unpaired) electrons. The van der Waals surface area contributed by atoms with Gasteiger partial charge in [-0.05, 0) is 12.8 Å². The first-order valence-electron chi connectivity index (χ1n) is 12.9. The average Bonchev–Trinajstić information content (AvgIpc) is 2.93. The summed E-state index contributed by atoms with van der Waals surface area (Å²) in [5.74, 6) is -1.81. The monoisotopic (exact) mass is 552 g/mol. The molecule has 0 aliphatic rings. The van der Waals surface area contributed by atoms with Crippen molar-refractivity contribution in [3.8, 4) is 0 Å². The molecule has 0 aliphatic heterocycles. The Kier molecular flexibility index (Phi) is 19.7. The first kappa shape index (κ1) is 36.0. The number of rotatable bonds is 23. The lowest BCUT2D eigenvalue weighted by Gasteiger charge is -2.23. The number of unbranched alkanes of at least 4 members (excludes halogenated alkanes) is 9. The Morgan fingerprint density at radius 1 is 0.474 bits per heavy atom. The highest BCUT2D eigenvalue weighted by molar-refractivity contribution is 5.81. The van der Waals surface area contributed by atoms with Crippen molar-refractivity contribution in [2.45, 2.75) is 113 Å². The normalized spacial score (nSPS) is 17.8. The Morgan fingerprint density at radius 3 is 1.00 bits per heavy atom. The van der Waals surface area contributed by atoms with E-state index >= 15 is 0 Å². The zero-order chi connectivity index (χ0) is 29.1. The maximum absolute atomic E-state index is 11.8. The standard InChI is InChI=1S/C24H44N2O12/c27-13-15(29)17(31)19(33)21(35)23(37)25-11-9-7-5-3-1-2-4-6-8-10-12-26-24(38)22(36)20(34)18(32)16(30)14-28/h13-22,29-36H,1-12H2,(H,25,37)(H,26,38)/t15-,16-,17-,18-,19-,20-,21-,22+/m1/s1. The number of carbonyl (C=O) groups is 4. The van der Waals surface area contributed by atoms with Gasteiger partial charge in [-0.2, -0.15) is 0 Å². The summed E-state index contributed by atoms with van der Waals surface area (Å²) in [6.45, 7) is 0.533. The Hall–Kier alpha value is -2.04. The zero-order valence-corrected chi connectivity index (χ0v) is 21.5. The highest BCUT2D eigenvalue weighted by Crippen LogP contribution is 2.11. The smallest absolute Gasteiger partial charge is 0.251 e. The van der Waals surface area contributed by atoms with Gasteiger partial charge in [0.05, 0.1) is 0 Å². The van der Waals surface area contributed by atoms with Crippen LogP contribution in [0.1, 0.15) is 64.2 Å². The van der Waals surface area contributed by atoms with E-state index in [1.54, 1.807) is 0 Å². The second-order valence-corrected chi connectivity index (χ2v) is 9.22. The fraction of sp³-hybridized carbons (Fsp3) is 0.833. The molecule has 8 atom stereocenters. The lowest BCUT2D eigenvalue weighted by Crippen LogP contribution is -2.51. The van der Waals surface area contributed by atoms with E-state index in [2.05, 4.69) is 10.6 Å². The van der Waals surface area contributed by atoms with Crippen LogP contribution >= 0.6 is 0 Å². The number of aliphatic hydroxyl groups excluding tert-OH is 8. The molecule has 0 aromatic heterocycles. The summed E-state index contributed by atoms with van der Waals surface area (Å²) in [5.41, 5.74) is 0. The zero-order valence-electron chi connectivity index (χ0n) is 21.5. The van der Waals surface area contributed by atoms with Crippen molar-refractivity contribution in [2.24, 2.45) is 0 Å². The topological polar surface area (TPSA) is 254 Å². The van der Waals surface area contributed by atoms with Crippen molar-refractivity contribution < 1.29 is 60.0 Å². The number of aldehydes is 2. The largest absolute Gasteiger partial charge is 0.387 e. The van der Waals surface area contributed by atoms with Crippen LogP contribution in [0.4, 0.5) is 0 Å². The van der Waals surface area contributed by atoms with Gasteiger partial charge in [-0.3, -0.25) is 9.59 Å². The van der Waals surface area contributed by atoms with E-state index in [1.807, 2.05) is 0 Å². The summed E-state index contributed by atoms with van der Waals surface area (Å²) in [6, 6.07) is 0. The summed E-state index contributed by atoms with van der Waals surface area (Å²) >= 11 is 0. The van der Waals surface area contributed by atoms with Gasteiger partial charge in [-0.15, -0.1) is 0 Å². The molecule has 0 spiro atoms. The Morgan fingerprint density at radius 2 is 0.737 bits per heavy atom. The molecule has 0 saturated carbocycles. The molecule has 14 heteroatoms. The van der Waals surface area contributed by atoms with Crippen LogP contribution in [-0.2, 0) is 19.2 Å². The molecular weight excluding hydrogens is 508 g/mol. The molecule has 14 nitrogen and oxygen atoms in total. The molecule has 38 heavy (non-hydrogen) atoms. The van der Waals surface area contributed by atoms with E-state index in [-0.39, 0.29) is 25.7 Å². The minimum atomic E-state index is -1.99. The Balaban J connectivity index is 3.71. The van der Waals surface area contributed by atoms with Gasteiger partial charge in [-0.1, -0.05) is 51.4 Å². The fourth-order valence-electron chi connectivity index (χ4n) is 3.55. The maximum Gasteiger partial charge on any atom is 0.251 e. The van der Waals surface area contributed by atoms with Gasteiger partial charge in [0.1, 0.15) is 36.6 Å². The van der Waals surface area contributed by atoms with Gasteiger partial charge in [0.2, 0.25) is 0 Å². The second-order valence-electron chi connectivity index (χ2n) is 9.22. The van der Waals surface area contributed by atoms with Crippen LogP contribution in [0, 0.1) is 0 Å². The summed E-state index contributed by atoms with van der Waals surface area (Å²) < 4.78 is 0. The molecule has 0 fully saturated rings. The molecule has 10 N–H and O–H groups in total. The van der Waals surface area contributed by atoms with Crippen LogP contribution < -0.4 is 10.6 Å². The van der Waals surface area contributed by atoms with Crippen LogP contribution in [0.5, 0.6) is 0 Å². The molecule has 0 heterocycles. The number of amides is 2. The van der Waals surface area contributed by atoms with Gasteiger partial charge < -0.3 is 61.1 Å². The van der Waals surface area contributed by atoms with Crippen molar-refractivity contribution in [2.75, 3.05) is 13.1 Å². The van der Waals surface area contributed by atoms with Crippen LogP contribution in [0.2, 0.25) is 0 Å². The second kappa shape index (κ2) is 20.9. The van der Waals surface area contributed by atoms with E-state index in [1.165, 1.54) is 0 Å². The van der Waals surface area contributed by atoms with E-state index in [9.17, 15) is 49.8 Å². The molecular formula is C24H44N2O12. The van der Waals surface area contributed by atoms with Gasteiger partial charge >= 0.3 is 0 Å². The summed E-state index contributed by atoms with van der Waals surface area (Å²) in [7, 11) is 0. The van der Waals surface area contributed by atoms with Crippen molar-refractivity contribution in [1.29, 1.82) is 0 Å². The Labute approximate surface area is 221 Å². The van der Waals surface area contributed by atoms with Crippen molar-refractivity contribution in [3.63, 3.8) is 0 Å². The third-order valence-corrected chi connectivity index (χ3v) is 6.06. The Bertz CT molecular complexity index is 627. The minimum Gasteiger partial charge on any atom is -0.387 e. The van der Waals surface area contributed by atoms with E-state index in [4.69, 9.17) is 10.2 Å². The number of hydrogen-bond donors (Lipinski definition) is 10. The van der Waals surface area contributed by atoms with E-state index < -0.39 is 60.6 Å². The molecule has 2 amide bonds. The van der Waals surface area contributed by atoms with Crippen molar-refractivity contribution in [1.82, 2.24) is 10.6 Å². The summed E-state index contributed by atoms with van der Waals surface area (Å²) in [5, 5.41) is 80.7. The molecule has 0 saturated heterocycles. The number of hydrogen-bond acceptors (Lipinski definition) is 12. The van der Waals surface area contributed by atoms with Crippen LogP contribution in [0.3, 0.4) is 0 Å². The molecule has 0 aliphatic carbocycles. The van der Waals surface area contributed by atoms with Gasteiger partial charge in [0.15, 0.2) is 24.8 Å². The quantitative estimate of drug-likeness (QED) is 0.0436. The highest BCUT2D eigenvalue weighted by atomic mass is 16.4. The molecule has 0 rings (SSSR count). The van der Waals surface area contributed by atoms with Gasteiger partial charge in [0, 0.05) is 13.1 Å². The van der Waals surface area contributed by atoms with Gasteiger partial charge in [0.25, 0.3) is 11.8 Å². The molecule has 0 aromatic rings. The predicted molar refractivity (Wildman–Crippen MR) is 132 cm³/mol. The fourth-order valence-corrected chi connectivity index (χ4v) is 3.55. The van der Waals surface area contributed by atoms with Crippen LogP contribution in [-0.4, -0.2) is 127 Å². The first-order chi connectivity index (χ1) is 18.0. The third-order valence-electron chi connectivity index (χ3n) is 6.06. The van der Waals surface area contributed by atoms with Crippen molar-refractivity contribution in [3.05, 3.63) is 0 Å². The molecule has 0 bridgehead atoms. The predicted octanol–water partition coefficient (Wildman–Crippen LogP) is -3.60. The maximum atomic E-state index is 11.8. The molecule has 0 unspecified atom stereocenters. The lowest BCUT2D eigenvalue weighted by atomic mass is 10.0. The molecule has 222 valence electrons. The molecule has 0 aromatic carbocycles. The van der Waals surface area contributed by atoms with Crippen LogP contribution in [0.15, 0.2) is 0 Å². The van der Waals surface area contributed by atoms with Crippen LogP contribution in [0.25, 0.3) is 0 Å². The van der Waals surface area contributed by atoms with E-state index in [0.717, 1.165) is 51.4 Å².